The number of hydrogen-bond acceptors (Lipinski definition) is 7. The van der Waals surface area contributed by atoms with Gasteiger partial charge in [0, 0.05) is 19.6 Å². The average Bonchev–Trinajstić information content (AvgIpc) is 3.52. The molecule has 1 saturated carbocycles. The Labute approximate surface area is 194 Å². The molecule has 3 atom stereocenters. The first-order valence-electron chi connectivity index (χ1n) is 11.7. The molecule has 1 saturated heterocycles. The Balaban J connectivity index is 0.00000324. The maximum atomic E-state index is 12.7. The number of methoxy groups -OCH3 is 1. The van der Waals surface area contributed by atoms with E-state index in [1.54, 1.807) is 18.2 Å². The van der Waals surface area contributed by atoms with E-state index in [-0.39, 0.29) is 31.6 Å². The SMILES string of the molecule is COC(=O)c1cccc(C(=O)N[C@@H](CO)[C@@H]2C[C@@H](n3cc(CC4CCCCC4)nn3)CO2)c1.[HH]. The van der Waals surface area contributed by atoms with Crippen molar-refractivity contribution in [1.29, 1.82) is 0 Å². The van der Waals surface area contributed by atoms with Gasteiger partial charge in [0.2, 0.25) is 0 Å². The van der Waals surface area contributed by atoms with Crippen molar-refractivity contribution in [2.24, 2.45) is 5.92 Å². The molecule has 9 nitrogen and oxygen atoms in total. The number of aromatic nitrogens is 3. The molecule has 1 amide bonds. The molecular weight excluding hydrogens is 424 g/mol. The number of aliphatic hydroxyl groups is 1. The topological polar surface area (TPSA) is 116 Å². The minimum absolute atomic E-state index is 0. The Kier molecular flexibility index (Phi) is 7.72. The van der Waals surface area contributed by atoms with Crippen molar-refractivity contribution in [3.8, 4) is 0 Å². The van der Waals surface area contributed by atoms with Crippen molar-refractivity contribution in [3.63, 3.8) is 0 Å². The van der Waals surface area contributed by atoms with Crippen molar-refractivity contribution >= 4 is 11.9 Å². The zero-order chi connectivity index (χ0) is 23.2. The van der Waals surface area contributed by atoms with Gasteiger partial charge in [-0.3, -0.25) is 4.79 Å². The second-order valence-electron chi connectivity index (χ2n) is 8.99. The standard InChI is InChI=1S/C24H32N4O5.H2/c1-32-24(31)18-9-5-8-17(11-18)23(30)25-21(14-29)22-12-20(15-33-22)28-13-19(26-27-28)10-16-6-3-2-4-7-16;/h5,8-9,11,13,16,20-22,29H,2-4,6-7,10,12,14-15H2,1H3,(H,25,30);1H/t20-,21+,22+;/m1./s1. The summed E-state index contributed by atoms with van der Waals surface area (Å²) in [5.74, 6) is -0.202. The molecule has 2 fully saturated rings. The largest absolute Gasteiger partial charge is 0.465 e. The molecule has 1 aromatic carbocycles. The third-order valence-electron chi connectivity index (χ3n) is 6.67. The lowest BCUT2D eigenvalue weighted by molar-refractivity contribution is 0.0490. The summed E-state index contributed by atoms with van der Waals surface area (Å²) >= 11 is 0. The van der Waals surface area contributed by atoms with Crippen LogP contribution in [0.2, 0.25) is 0 Å². The third-order valence-corrected chi connectivity index (χ3v) is 6.67. The minimum atomic E-state index is -0.575. The number of esters is 1. The van der Waals surface area contributed by atoms with Gasteiger partial charge in [-0.2, -0.15) is 0 Å². The molecule has 0 unspecified atom stereocenters. The van der Waals surface area contributed by atoms with Gasteiger partial charge in [0.15, 0.2) is 0 Å². The fourth-order valence-electron chi connectivity index (χ4n) is 4.79. The van der Waals surface area contributed by atoms with Gasteiger partial charge in [0.1, 0.15) is 0 Å². The lowest BCUT2D eigenvalue weighted by atomic mass is 9.86. The second-order valence-corrected chi connectivity index (χ2v) is 8.99. The van der Waals surface area contributed by atoms with Gasteiger partial charge < -0.3 is 19.9 Å². The van der Waals surface area contributed by atoms with Crippen molar-refractivity contribution < 1.29 is 25.6 Å². The summed E-state index contributed by atoms with van der Waals surface area (Å²) < 4.78 is 12.5. The smallest absolute Gasteiger partial charge is 0.337 e. The van der Waals surface area contributed by atoms with Crippen molar-refractivity contribution in [2.45, 2.75) is 63.1 Å². The van der Waals surface area contributed by atoms with Gasteiger partial charge in [0.25, 0.3) is 5.91 Å². The summed E-state index contributed by atoms with van der Waals surface area (Å²) in [6.07, 6.45) is 9.72. The highest BCUT2D eigenvalue weighted by molar-refractivity contribution is 5.98. The van der Waals surface area contributed by atoms with Crippen LogP contribution in [0.25, 0.3) is 0 Å². The van der Waals surface area contributed by atoms with Crippen LogP contribution in [-0.2, 0) is 15.9 Å². The Morgan fingerprint density at radius 2 is 2.09 bits per heavy atom. The molecule has 33 heavy (non-hydrogen) atoms. The number of rotatable bonds is 8. The van der Waals surface area contributed by atoms with E-state index in [0.717, 1.165) is 12.1 Å². The molecule has 0 bridgehead atoms. The fraction of sp³-hybridized carbons (Fsp3) is 0.583. The summed E-state index contributed by atoms with van der Waals surface area (Å²) in [5, 5.41) is 21.4. The number of carbonyl (C=O) groups excluding carboxylic acids is 2. The van der Waals surface area contributed by atoms with Crippen LogP contribution in [0.1, 0.15) is 72.4 Å². The van der Waals surface area contributed by atoms with Crippen LogP contribution in [0.4, 0.5) is 0 Å². The summed E-state index contributed by atoms with van der Waals surface area (Å²) in [5.41, 5.74) is 1.62. The van der Waals surface area contributed by atoms with Crippen LogP contribution >= 0.6 is 0 Å². The Morgan fingerprint density at radius 1 is 1.30 bits per heavy atom. The number of nitrogens with one attached hydrogen (secondary N) is 1. The van der Waals surface area contributed by atoms with E-state index in [9.17, 15) is 14.7 Å². The maximum absolute atomic E-state index is 12.7. The molecule has 2 N–H and O–H groups in total. The molecule has 2 aromatic rings. The molecular formula is C24H34N4O5. The van der Waals surface area contributed by atoms with Gasteiger partial charge >= 0.3 is 5.97 Å². The first-order valence-corrected chi connectivity index (χ1v) is 11.7. The van der Waals surface area contributed by atoms with E-state index >= 15 is 0 Å². The van der Waals surface area contributed by atoms with E-state index < -0.39 is 12.0 Å². The Bertz CT molecular complexity index is 962. The molecule has 4 rings (SSSR count). The predicted molar refractivity (Wildman–Crippen MR) is 122 cm³/mol. The number of aliphatic hydroxyl groups excluding tert-OH is 1. The molecule has 2 heterocycles. The highest BCUT2D eigenvalue weighted by Gasteiger charge is 2.34. The van der Waals surface area contributed by atoms with E-state index in [1.165, 1.54) is 45.3 Å². The van der Waals surface area contributed by atoms with E-state index in [1.807, 2.05) is 10.9 Å². The first-order chi connectivity index (χ1) is 16.1. The van der Waals surface area contributed by atoms with Crippen molar-refractivity contribution in [1.82, 2.24) is 20.3 Å². The Morgan fingerprint density at radius 3 is 2.85 bits per heavy atom. The molecule has 1 aromatic heterocycles. The monoisotopic (exact) mass is 458 g/mol. The zero-order valence-corrected chi connectivity index (χ0v) is 19.0. The van der Waals surface area contributed by atoms with Gasteiger partial charge in [-0.25, -0.2) is 9.48 Å². The van der Waals surface area contributed by atoms with Crippen LogP contribution in [-0.4, -0.2) is 64.4 Å². The normalized spacial score (nSPS) is 22.1. The molecule has 180 valence electrons. The summed E-state index contributed by atoms with van der Waals surface area (Å²) in [6, 6.07) is 5.71. The summed E-state index contributed by atoms with van der Waals surface area (Å²) in [7, 11) is 1.29. The zero-order valence-electron chi connectivity index (χ0n) is 19.0. The van der Waals surface area contributed by atoms with Gasteiger partial charge in [-0.05, 0) is 30.5 Å². The van der Waals surface area contributed by atoms with Gasteiger partial charge in [0.05, 0.1) is 49.8 Å². The predicted octanol–water partition coefficient (Wildman–Crippen LogP) is 2.55. The third kappa shape index (κ3) is 5.78. The van der Waals surface area contributed by atoms with Crippen LogP contribution in [0, 0.1) is 5.92 Å². The quantitative estimate of drug-likeness (QED) is 0.584. The number of nitrogens with zero attached hydrogens (tertiary/aromatic N) is 3. The van der Waals surface area contributed by atoms with Crippen LogP contribution in [0.3, 0.4) is 0 Å². The summed E-state index contributed by atoms with van der Waals surface area (Å²) in [6.45, 7) is 0.186. The van der Waals surface area contributed by atoms with Crippen molar-refractivity contribution in [2.75, 3.05) is 20.3 Å². The number of amides is 1. The highest BCUT2D eigenvalue weighted by Crippen LogP contribution is 2.28. The number of hydrogen-bond donors (Lipinski definition) is 2. The van der Waals surface area contributed by atoms with Crippen LogP contribution < -0.4 is 5.32 Å². The number of benzene rings is 1. The lowest BCUT2D eigenvalue weighted by Crippen LogP contribution is -2.45. The minimum Gasteiger partial charge on any atom is -0.465 e. The van der Waals surface area contributed by atoms with Crippen LogP contribution in [0.15, 0.2) is 30.5 Å². The van der Waals surface area contributed by atoms with Gasteiger partial charge in [-0.15, -0.1) is 5.10 Å². The Hall–Kier alpha value is -2.78. The average molecular weight is 459 g/mol. The first kappa shape index (κ1) is 23.4. The van der Waals surface area contributed by atoms with Crippen LogP contribution in [0.5, 0.6) is 0 Å². The molecule has 0 spiro atoms. The second kappa shape index (κ2) is 10.9. The molecule has 1 aliphatic carbocycles. The van der Waals surface area contributed by atoms with E-state index in [4.69, 9.17) is 9.47 Å². The molecule has 2 aliphatic rings. The number of ether oxygens (including phenoxy) is 2. The van der Waals surface area contributed by atoms with E-state index in [0.29, 0.717) is 24.5 Å². The molecule has 9 heteroatoms. The number of carbonyl (C=O) groups is 2. The maximum Gasteiger partial charge on any atom is 0.337 e. The fourth-order valence-corrected chi connectivity index (χ4v) is 4.79. The van der Waals surface area contributed by atoms with Crippen molar-refractivity contribution in [3.05, 3.63) is 47.3 Å². The van der Waals surface area contributed by atoms with E-state index in [2.05, 4.69) is 15.6 Å². The molecule has 1 aliphatic heterocycles. The highest BCUT2D eigenvalue weighted by atomic mass is 16.5. The van der Waals surface area contributed by atoms with Gasteiger partial charge in [-0.1, -0.05) is 43.4 Å². The molecule has 0 radical (unpaired) electrons. The lowest BCUT2D eigenvalue weighted by Gasteiger charge is -2.22. The summed E-state index contributed by atoms with van der Waals surface area (Å²) in [4.78, 5) is 24.5.